The number of nitrogens with zero attached hydrogens (tertiary/aromatic N) is 4. The van der Waals surface area contributed by atoms with Gasteiger partial charge in [-0.2, -0.15) is 18.4 Å². The van der Waals surface area contributed by atoms with Gasteiger partial charge in [0.25, 0.3) is 0 Å². The summed E-state index contributed by atoms with van der Waals surface area (Å²) in [5.74, 6) is 0.243. The van der Waals surface area contributed by atoms with E-state index in [2.05, 4.69) is 9.97 Å². The largest absolute Gasteiger partial charge is 0.433 e. The van der Waals surface area contributed by atoms with Crippen LogP contribution in [0.5, 0.6) is 0 Å². The van der Waals surface area contributed by atoms with Crippen molar-refractivity contribution in [2.45, 2.75) is 36.2 Å². The van der Waals surface area contributed by atoms with Crippen molar-refractivity contribution in [1.29, 1.82) is 5.26 Å². The molecule has 0 amide bonds. The highest BCUT2D eigenvalue weighted by Crippen LogP contribution is 2.40. The number of pyridine rings is 2. The van der Waals surface area contributed by atoms with Crippen LogP contribution >= 0.6 is 35.0 Å². The Labute approximate surface area is 172 Å². The third-order valence-electron chi connectivity index (χ3n) is 4.49. The van der Waals surface area contributed by atoms with Crippen LogP contribution in [-0.4, -0.2) is 14.4 Å². The monoisotopic (exact) mass is 442 g/mol. The van der Waals surface area contributed by atoms with Crippen molar-refractivity contribution in [1.82, 2.24) is 14.4 Å². The van der Waals surface area contributed by atoms with Crippen molar-refractivity contribution in [2.24, 2.45) is 0 Å². The van der Waals surface area contributed by atoms with Gasteiger partial charge in [-0.15, -0.1) is 0 Å². The summed E-state index contributed by atoms with van der Waals surface area (Å²) in [4.78, 5) is 8.21. The summed E-state index contributed by atoms with van der Waals surface area (Å²) in [5.41, 5.74) is 1.07. The summed E-state index contributed by atoms with van der Waals surface area (Å²) in [7, 11) is 0. The molecule has 1 aliphatic carbocycles. The molecule has 0 spiro atoms. The molecule has 3 heterocycles. The van der Waals surface area contributed by atoms with Crippen LogP contribution in [0, 0.1) is 11.3 Å². The van der Waals surface area contributed by atoms with Gasteiger partial charge >= 0.3 is 6.18 Å². The number of imidazole rings is 1. The van der Waals surface area contributed by atoms with Crippen LogP contribution in [-0.2, 0) is 24.8 Å². The van der Waals surface area contributed by atoms with Crippen LogP contribution in [0.3, 0.4) is 0 Å². The van der Waals surface area contributed by atoms with E-state index in [0.29, 0.717) is 46.2 Å². The summed E-state index contributed by atoms with van der Waals surface area (Å²) in [5, 5.41) is 10.4. The lowest BCUT2D eigenvalue weighted by molar-refractivity contribution is -0.142. The van der Waals surface area contributed by atoms with Gasteiger partial charge in [0.05, 0.1) is 21.3 Å². The maximum Gasteiger partial charge on any atom is 0.433 e. The highest BCUT2D eigenvalue weighted by atomic mass is 35.5. The molecular formula is C18H11Cl2F3N4S. The maximum atomic E-state index is 13.4. The molecule has 4 nitrogen and oxygen atoms in total. The molecule has 28 heavy (non-hydrogen) atoms. The number of rotatable bonds is 3. The highest BCUT2D eigenvalue weighted by molar-refractivity contribution is 7.98. The number of alkyl halides is 3. The molecule has 1 aliphatic rings. The Morgan fingerprint density at radius 2 is 1.93 bits per heavy atom. The number of halogens is 5. The van der Waals surface area contributed by atoms with E-state index < -0.39 is 11.9 Å². The van der Waals surface area contributed by atoms with E-state index >= 15 is 0 Å². The van der Waals surface area contributed by atoms with E-state index in [0.717, 1.165) is 11.8 Å². The van der Waals surface area contributed by atoms with Crippen LogP contribution in [0.4, 0.5) is 13.2 Å². The highest BCUT2D eigenvalue weighted by Gasteiger charge is 2.39. The van der Waals surface area contributed by atoms with E-state index in [1.54, 1.807) is 22.9 Å². The Bertz CT molecular complexity index is 1130. The van der Waals surface area contributed by atoms with Gasteiger partial charge < -0.3 is 4.40 Å². The molecule has 0 aliphatic heterocycles. The third-order valence-corrected chi connectivity index (χ3v) is 5.99. The van der Waals surface area contributed by atoms with Gasteiger partial charge in [0.1, 0.15) is 16.8 Å². The number of hydrogen-bond donors (Lipinski definition) is 0. The fourth-order valence-corrected chi connectivity index (χ4v) is 4.80. The molecule has 0 unspecified atom stereocenters. The SMILES string of the molecule is N#Cc1c(SCc2cn3cc(Cl)cc(Cl)c3n2)nc(C(F)(F)F)c2c1CCC2. The Morgan fingerprint density at radius 3 is 2.64 bits per heavy atom. The first-order chi connectivity index (χ1) is 13.3. The summed E-state index contributed by atoms with van der Waals surface area (Å²) < 4.78 is 42.0. The first kappa shape index (κ1) is 19.4. The second-order valence-corrected chi connectivity index (χ2v) is 8.13. The lowest BCUT2D eigenvalue weighted by atomic mass is 10.0. The van der Waals surface area contributed by atoms with E-state index in [4.69, 9.17) is 23.2 Å². The molecule has 0 saturated carbocycles. The van der Waals surface area contributed by atoms with Gasteiger partial charge in [-0.25, -0.2) is 9.97 Å². The van der Waals surface area contributed by atoms with Crippen molar-refractivity contribution < 1.29 is 13.2 Å². The fraction of sp³-hybridized carbons (Fsp3) is 0.278. The number of hydrogen-bond acceptors (Lipinski definition) is 4. The van der Waals surface area contributed by atoms with Gasteiger partial charge in [0.15, 0.2) is 5.65 Å². The normalized spacial score (nSPS) is 13.7. The number of aromatic nitrogens is 3. The average Bonchev–Trinajstić information content (AvgIpc) is 3.24. The van der Waals surface area contributed by atoms with Crippen molar-refractivity contribution in [3.05, 3.63) is 56.6 Å². The zero-order chi connectivity index (χ0) is 20.1. The average molecular weight is 443 g/mol. The quantitative estimate of drug-likeness (QED) is 0.487. The maximum absolute atomic E-state index is 13.4. The van der Waals surface area contributed by atoms with E-state index in [1.807, 2.05) is 6.07 Å². The molecule has 0 saturated heterocycles. The van der Waals surface area contributed by atoms with Gasteiger partial charge in [0.2, 0.25) is 0 Å². The van der Waals surface area contributed by atoms with E-state index in [9.17, 15) is 18.4 Å². The molecule has 0 N–H and O–H groups in total. The van der Waals surface area contributed by atoms with Gasteiger partial charge in [-0.3, -0.25) is 0 Å². The van der Waals surface area contributed by atoms with Crippen LogP contribution in [0.15, 0.2) is 23.5 Å². The van der Waals surface area contributed by atoms with Crippen molar-refractivity contribution in [3.8, 4) is 6.07 Å². The molecular weight excluding hydrogens is 432 g/mol. The molecule has 0 atom stereocenters. The zero-order valence-electron chi connectivity index (χ0n) is 14.1. The minimum atomic E-state index is -4.55. The molecule has 144 valence electrons. The minimum absolute atomic E-state index is 0.0802. The molecule has 0 bridgehead atoms. The Hall–Kier alpha value is -1.95. The van der Waals surface area contributed by atoms with Crippen LogP contribution in [0.1, 0.15) is 34.5 Å². The predicted octanol–water partition coefficient (Wildman–Crippen LogP) is 5.71. The smallest absolute Gasteiger partial charge is 0.304 e. The fourth-order valence-electron chi connectivity index (χ4n) is 3.38. The molecule has 0 fully saturated rings. The van der Waals surface area contributed by atoms with Crippen molar-refractivity contribution in [3.63, 3.8) is 0 Å². The lowest BCUT2D eigenvalue weighted by Crippen LogP contribution is -2.14. The first-order valence-corrected chi connectivity index (χ1v) is 10.0. The van der Waals surface area contributed by atoms with Crippen molar-refractivity contribution in [2.75, 3.05) is 0 Å². The number of nitriles is 1. The van der Waals surface area contributed by atoms with Crippen LogP contribution in [0.25, 0.3) is 5.65 Å². The summed E-state index contributed by atoms with van der Waals surface area (Å²) >= 11 is 13.2. The second kappa shape index (κ2) is 7.14. The standard InChI is InChI=1S/C18H11Cl2F3N4S/c19-9-4-14(20)16-25-10(7-27(16)6-9)8-28-17-13(5-24)11-2-1-3-12(11)15(26-17)18(21,22)23/h4,6-7H,1-3,8H2. The summed E-state index contributed by atoms with van der Waals surface area (Å²) in [6.07, 6.45) is 0.131. The molecule has 0 aromatic carbocycles. The van der Waals surface area contributed by atoms with Crippen molar-refractivity contribution >= 4 is 40.6 Å². The second-order valence-electron chi connectivity index (χ2n) is 6.32. The van der Waals surface area contributed by atoms with Crippen LogP contribution < -0.4 is 0 Å². The Morgan fingerprint density at radius 1 is 1.18 bits per heavy atom. The van der Waals surface area contributed by atoms with E-state index in [1.165, 1.54) is 0 Å². The number of thioether (sulfide) groups is 1. The topological polar surface area (TPSA) is 54.0 Å². The molecule has 0 radical (unpaired) electrons. The first-order valence-electron chi connectivity index (χ1n) is 8.26. The molecule has 10 heteroatoms. The van der Waals surface area contributed by atoms with Gasteiger partial charge in [-0.05, 0) is 36.5 Å². The zero-order valence-corrected chi connectivity index (χ0v) is 16.5. The lowest BCUT2D eigenvalue weighted by Gasteiger charge is -2.15. The number of fused-ring (bicyclic) bond motifs is 2. The Kier molecular flexibility index (Phi) is 4.94. The van der Waals surface area contributed by atoms with Crippen LogP contribution in [0.2, 0.25) is 10.0 Å². The molecule has 3 aromatic heterocycles. The summed E-state index contributed by atoms with van der Waals surface area (Å²) in [6.45, 7) is 0. The third kappa shape index (κ3) is 3.43. The Balaban J connectivity index is 1.70. The minimum Gasteiger partial charge on any atom is -0.304 e. The summed E-state index contributed by atoms with van der Waals surface area (Å²) in [6, 6.07) is 3.60. The van der Waals surface area contributed by atoms with E-state index in [-0.39, 0.29) is 21.9 Å². The molecule has 3 aromatic rings. The van der Waals surface area contributed by atoms with Gasteiger partial charge in [-0.1, -0.05) is 35.0 Å². The predicted molar refractivity (Wildman–Crippen MR) is 101 cm³/mol. The van der Waals surface area contributed by atoms with Gasteiger partial charge in [0, 0.05) is 18.1 Å². The molecule has 4 rings (SSSR count).